The average molecular weight is 701 g/mol. The summed E-state index contributed by atoms with van der Waals surface area (Å²) in [6, 6.07) is 9.32. The van der Waals surface area contributed by atoms with Crippen LogP contribution in [0.25, 0.3) is 0 Å². The quantitative estimate of drug-likeness (QED) is 0.372. The lowest BCUT2D eigenvalue weighted by atomic mass is 9.92. The number of amides is 2. The van der Waals surface area contributed by atoms with E-state index < -0.39 is 5.60 Å². The second-order valence-electron chi connectivity index (χ2n) is 14.2. The normalized spacial score (nSPS) is 22.5. The third-order valence-electron chi connectivity index (χ3n) is 10.1. The van der Waals surface area contributed by atoms with Gasteiger partial charge >= 0.3 is 6.09 Å². The highest BCUT2D eigenvalue weighted by Gasteiger charge is 2.36. The van der Waals surface area contributed by atoms with Crippen molar-refractivity contribution < 1.29 is 14.3 Å². The number of aromatic nitrogens is 1. The Hall–Kier alpha value is -2.20. The van der Waals surface area contributed by atoms with Gasteiger partial charge in [0.2, 0.25) is 5.91 Å². The highest BCUT2D eigenvalue weighted by Crippen LogP contribution is 2.39. The molecule has 6 rings (SSSR count). The minimum atomic E-state index is -0.485. The summed E-state index contributed by atoms with van der Waals surface area (Å²) >= 11 is 10.1. The number of aryl methyl sites for hydroxylation is 2. The second-order valence-corrected chi connectivity index (χ2v) is 15.6. The summed E-state index contributed by atoms with van der Waals surface area (Å²) in [5.74, 6) is 0.606. The highest BCUT2D eigenvalue weighted by atomic mass is 79.9. The lowest BCUT2D eigenvalue weighted by molar-refractivity contribution is -0.134. The minimum absolute atomic E-state index is 0.147. The molecule has 2 amide bonds. The molecule has 45 heavy (non-hydrogen) atoms. The van der Waals surface area contributed by atoms with Gasteiger partial charge in [-0.25, -0.2) is 4.79 Å². The molecule has 3 fully saturated rings. The summed E-state index contributed by atoms with van der Waals surface area (Å²) in [6.45, 7) is 12.5. The maximum absolute atomic E-state index is 13.2. The molecule has 4 heterocycles. The van der Waals surface area contributed by atoms with Crippen molar-refractivity contribution in [3.8, 4) is 0 Å². The number of carbonyl (C=O) groups is 2. The standard InChI is InChI=1S/C35H47BrClN5O3/c1-35(2,3)45-34(44)42-12-8-24(9-13-42)20-31(43)40-18-16-39(17-19-40)29-10-14-41(15-11-29)33-30-7-6-28(37)22-25(30)4-5-26-21-27(36)23-38-32(26)33/h6-7,21-24,29,33H,4-5,8-20H2,1-3H3. The van der Waals surface area contributed by atoms with Crippen molar-refractivity contribution in [3.63, 3.8) is 0 Å². The van der Waals surface area contributed by atoms with Crippen molar-refractivity contribution in [3.05, 3.63) is 62.3 Å². The van der Waals surface area contributed by atoms with Gasteiger partial charge < -0.3 is 14.5 Å². The maximum Gasteiger partial charge on any atom is 0.410 e. The number of hydrogen-bond donors (Lipinski definition) is 0. The van der Waals surface area contributed by atoms with Gasteiger partial charge in [0.1, 0.15) is 5.60 Å². The molecule has 1 aromatic carbocycles. The Balaban J connectivity index is 0.994. The predicted molar refractivity (Wildman–Crippen MR) is 181 cm³/mol. The van der Waals surface area contributed by atoms with E-state index in [2.05, 4.69) is 48.8 Å². The van der Waals surface area contributed by atoms with Crippen LogP contribution in [0.3, 0.4) is 0 Å². The first-order chi connectivity index (χ1) is 21.5. The second kappa shape index (κ2) is 13.9. The first kappa shape index (κ1) is 32.7. The molecule has 3 saturated heterocycles. The fraction of sp³-hybridized carbons (Fsp3) is 0.629. The first-order valence-corrected chi connectivity index (χ1v) is 17.9. The summed E-state index contributed by atoms with van der Waals surface area (Å²) in [4.78, 5) is 39.7. The molecule has 0 saturated carbocycles. The SMILES string of the molecule is CC(C)(C)OC(=O)N1CCC(CC(=O)N2CCN(C3CCN(C4c5ccc(Cl)cc5CCc5cc(Br)cnc54)CC3)CC2)CC1. The fourth-order valence-electron chi connectivity index (χ4n) is 7.65. The number of hydrogen-bond acceptors (Lipinski definition) is 6. The molecule has 244 valence electrons. The molecular formula is C35H47BrClN5O3. The summed E-state index contributed by atoms with van der Waals surface area (Å²) in [5, 5.41) is 0.799. The molecule has 4 aliphatic rings. The zero-order chi connectivity index (χ0) is 31.7. The third kappa shape index (κ3) is 7.86. The van der Waals surface area contributed by atoms with Gasteiger partial charge in [0.15, 0.2) is 0 Å². The van der Waals surface area contributed by atoms with Crippen LogP contribution in [0.15, 0.2) is 34.9 Å². The molecule has 0 bridgehead atoms. The van der Waals surface area contributed by atoms with E-state index in [0.717, 1.165) is 87.3 Å². The number of ether oxygens (including phenoxy) is 1. The third-order valence-corrected chi connectivity index (χ3v) is 10.7. The predicted octanol–water partition coefficient (Wildman–Crippen LogP) is 6.33. The van der Waals surface area contributed by atoms with Gasteiger partial charge in [-0.05, 0) is 116 Å². The zero-order valence-electron chi connectivity index (χ0n) is 26.9. The van der Waals surface area contributed by atoms with Crippen molar-refractivity contribution >= 4 is 39.5 Å². The Morgan fingerprint density at radius 1 is 0.889 bits per heavy atom. The Morgan fingerprint density at radius 3 is 2.27 bits per heavy atom. The lowest BCUT2D eigenvalue weighted by Gasteiger charge is -2.44. The molecule has 1 aliphatic carbocycles. The number of pyridine rings is 1. The summed E-state index contributed by atoms with van der Waals surface area (Å²) in [5.41, 5.74) is 4.69. The number of nitrogens with zero attached hydrogens (tertiary/aromatic N) is 5. The van der Waals surface area contributed by atoms with Crippen molar-refractivity contribution in [2.75, 3.05) is 52.4 Å². The fourth-order valence-corrected chi connectivity index (χ4v) is 8.22. The Labute approximate surface area is 281 Å². The number of halogens is 2. The maximum atomic E-state index is 13.2. The van der Waals surface area contributed by atoms with Crippen molar-refractivity contribution in [1.29, 1.82) is 0 Å². The first-order valence-electron chi connectivity index (χ1n) is 16.7. The molecule has 0 spiro atoms. The van der Waals surface area contributed by atoms with Gasteiger partial charge in [0.25, 0.3) is 0 Å². The molecule has 8 nitrogen and oxygen atoms in total. The molecule has 0 radical (unpaired) electrons. The van der Waals surface area contributed by atoms with Crippen LogP contribution in [-0.2, 0) is 22.4 Å². The number of carbonyl (C=O) groups excluding carboxylic acids is 2. The van der Waals surface area contributed by atoms with Crippen LogP contribution in [0.1, 0.15) is 81.3 Å². The van der Waals surface area contributed by atoms with Gasteiger partial charge in [-0.3, -0.25) is 19.6 Å². The summed E-state index contributed by atoms with van der Waals surface area (Å²) in [7, 11) is 0. The van der Waals surface area contributed by atoms with Gasteiger partial charge in [0.05, 0.1) is 11.7 Å². The number of piperazine rings is 1. The van der Waals surface area contributed by atoms with Gasteiger partial charge in [-0.2, -0.15) is 0 Å². The van der Waals surface area contributed by atoms with Crippen LogP contribution in [-0.4, -0.2) is 101 Å². The molecule has 1 atom stereocenters. The monoisotopic (exact) mass is 699 g/mol. The summed E-state index contributed by atoms with van der Waals surface area (Å²) < 4.78 is 6.55. The number of piperidine rings is 2. The number of fused-ring (bicyclic) bond motifs is 2. The van der Waals surface area contributed by atoms with E-state index >= 15 is 0 Å². The van der Waals surface area contributed by atoms with E-state index in [1.54, 1.807) is 4.90 Å². The smallest absolute Gasteiger partial charge is 0.410 e. The van der Waals surface area contributed by atoms with Gasteiger partial charge in [-0.1, -0.05) is 17.7 Å². The Morgan fingerprint density at radius 2 is 1.58 bits per heavy atom. The topological polar surface area (TPSA) is 69.2 Å². The van der Waals surface area contributed by atoms with E-state index in [0.29, 0.717) is 31.5 Å². The van der Waals surface area contributed by atoms with Crippen LogP contribution in [0, 0.1) is 5.92 Å². The molecule has 0 N–H and O–H groups in total. The highest BCUT2D eigenvalue weighted by molar-refractivity contribution is 9.10. The molecule has 1 unspecified atom stereocenters. The van der Waals surface area contributed by atoms with Gasteiger partial charge in [0, 0.05) is 80.5 Å². The van der Waals surface area contributed by atoms with Crippen LogP contribution in [0.4, 0.5) is 4.79 Å². The van der Waals surface area contributed by atoms with Crippen LogP contribution in [0.2, 0.25) is 5.02 Å². The van der Waals surface area contributed by atoms with E-state index in [-0.39, 0.29) is 18.0 Å². The zero-order valence-corrected chi connectivity index (χ0v) is 29.3. The number of likely N-dealkylation sites (tertiary alicyclic amines) is 2. The van der Waals surface area contributed by atoms with Crippen molar-refractivity contribution in [1.82, 2.24) is 24.6 Å². The number of benzene rings is 1. The van der Waals surface area contributed by atoms with Gasteiger partial charge in [-0.15, -0.1) is 0 Å². The molecular weight excluding hydrogens is 654 g/mol. The lowest BCUT2D eigenvalue weighted by Crippen LogP contribution is -2.54. The minimum Gasteiger partial charge on any atom is -0.444 e. The largest absolute Gasteiger partial charge is 0.444 e. The molecule has 2 aromatic rings. The molecule has 10 heteroatoms. The molecule has 3 aliphatic heterocycles. The average Bonchev–Trinajstić information content (AvgIpc) is 3.17. The Kier molecular flexibility index (Phi) is 10.1. The Bertz CT molecular complexity index is 1320. The number of rotatable bonds is 4. The van der Waals surface area contributed by atoms with E-state index in [9.17, 15) is 9.59 Å². The van der Waals surface area contributed by atoms with E-state index in [1.807, 2.05) is 33.0 Å². The van der Waals surface area contributed by atoms with Crippen LogP contribution in [0.5, 0.6) is 0 Å². The van der Waals surface area contributed by atoms with E-state index in [1.165, 1.54) is 22.4 Å². The van der Waals surface area contributed by atoms with Crippen LogP contribution >= 0.6 is 27.5 Å². The van der Waals surface area contributed by atoms with E-state index in [4.69, 9.17) is 21.3 Å². The van der Waals surface area contributed by atoms with Crippen molar-refractivity contribution in [2.24, 2.45) is 5.92 Å². The summed E-state index contributed by atoms with van der Waals surface area (Å²) in [6.07, 6.45) is 8.18. The van der Waals surface area contributed by atoms with Crippen molar-refractivity contribution in [2.45, 2.75) is 83.4 Å². The van der Waals surface area contributed by atoms with Crippen LogP contribution < -0.4 is 0 Å². The molecule has 1 aromatic heterocycles.